The number of nitrogens with one attached hydrogen (secondary N) is 4. The number of carbonyl (C=O) groups is 4. The molecular weight excluding hydrogens is 605 g/mol. The standard InChI is InChI=1S/C22H22FN5O4.C13H18O2/c1-12(9-18(22(31)24-4)28-13(2)16(23)7-8-26-28)20(29)25-11-15-5-6-19-17(10-15)27-21(30)14(3)32-19;1-3-9-12(4-2)10-7-5-6-8-11-13(14)15/h5-6,9-10,14,26H,1,11H2,2-4H3,(H,24,31)(H,25,29)(H,27,30);2-3,8-9,11-12H,5-7,10H2,1H3,(H,14,15)/b18-9-;9-3-,11-8+. The van der Waals surface area contributed by atoms with Crippen molar-refractivity contribution in [1.29, 1.82) is 0 Å². The number of aliphatic carboxylic acids is 1. The second-order valence-electron chi connectivity index (χ2n) is 10.3. The quantitative estimate of drug-likeness (QED) is 0.0705. The molecule has 0 radical (unpaired) electrons. The van der Waals surface area contributed by atoms with E-state index in [0.29, 0.717) is 17.0 Å². The van der Waals surface area contributed by atoms with Crippen molar-refractivity contribution in [2.75, 3.05) is 12.4 Å². The zero-order chi connectivity index (χ0) is 34.9. The van der Waals surface area contributed by atoms with E-state index in [0.717, 1.165) is 30.7 Å². The number of rotatable bonds is 13. The summed E-state index contributed by atoms with van der Waals surface area (Å²) in [6.45, 7) is 8.89. The number of ether oxygens (including phenoxy) is 1. The van der Waals surface area contributed by atoms with Gasteiger partial charge in [0.2, 0.25) is 0 Å². The molecule has 3 amide bonds. The fourth-order valence-corrected chi connectivity index (χ4v) is 4.18. The molecule has 2 unspecified atom stereocenters. The fourth-order valence-electron chi connectivity index (χ4n) is 4.18. The van der Waals surface area contributed by atoms with Crippen LogP contribution < -0.4 is 26.1 Å². The number of carboxylic acids is 1. The maximum absolute atomic E-state index is 13.9. The summed E-state index contributed by atoms with van der Waals surface area (Å²) >= 11 is 0. The van der Waals surface area contributed by atoms with E-state index in [1.54, 1.807) is 31.2 Å². The number of halogens is 1. The van der Waals surface area contributed by atoms with E-state index in [1.165, 1.54) is 26.1 Å². The average molecular weight is 646 g/mol. The van der Waals surface area contributed by atoms with Crippen LogP contribution in [0.4, 0.5) is 10.1 Å². The first-order valence-electron chi connectivity index (χ1n) is 14.8. The number of terminal acetylenes is 1. The second kappa shape index (κ2) is 18.9. The van der Waals surface area contributed by atoms with E-state index < -0.39 is 29.7 Å². The number of hydrogen-bond donors (Lipinski definition) is 5. The van der Waals surface area contributed by atoms with Crippen molar-refractivity contribution >= 4 is 29.4 Å². The number of nitrogens with zero attached hydrogens (tertiary/aromatic N) is 1. The van der Waals surface area contributed by atoms with Crippen LogP contribution in [0.2, 0.25) is 0 Å². The highest BCUT2D eigenvalue weighted by Crippen LogP contribution is 2.30. The smallest absolute Gasteiger partial charge is 0.327 e. The van der Waals surface area contributed by atoms with Crippen LogP contribution in [0.5, 0.6) is 5.75 Å². The Balaban J connectivity index is 0.000000433. The summed E-state index contributed by atoms with van der Waals surface area (Å²) in [4.78, 5) is 46.8. The molecule has 0 fully saturated rings. The normalized spacial score (nSPS) is 15.8. The van der Waals surface area contributed by atoms with Crippen LogP contribution in [0.1, 0.15) is 52.0 Å². The number of benzene rings is 1. The summed E-state index contributed by atoms with van der Waals surface area (Å²) in [6.07, 6.45) is 16.6. The molecule has 1 aromatic carbocycles. The first-order chi connectivity index (χ1) is 22.4. The van der Waals surface area contributed by atoms with E-state index in [-0.39, 0.29) is 35.3 Å². The van der Waals surface area contributed by atoms with Crippen molar-refractivity contribution in [1.82, 2.24) is 21.1 Å². The zero-order valence-corrected chi connectivity index (χ0v) is 26.9. The van der Waals surface area contributed by atoms with E-state index >= 15 is 0 Å². The van der Waals surface area contributed by atoms with Gasteiger partial charge in [-0.1, -0.05) is 43.2 Å². The SMILES string of the molecule is C#CC(/C=C\C)CCCC/C=C/C(=O)O.C=C(/C=C(/C(=O)NC)N1NC#CC(F)=C1C)C(=O)NCc1ccc2c(c1)NC(=O)C(C)O2. The third-order valence-electron chi connectivity index (χ3n) is 6.76. The molecule has 0 saturated carbocycles. The summed E-state index contributed by atoms with van der Waals surface area (Å²) in [5.74, 6) is 2.76. The number of fused-ring (bicyclic) bond motifs is 1. The van der Waals surface area contributed by atoms with Gasteiger partial charge in [-0.3, -0.25) is 19.8 Å². The monoisotopic (exact) mass is 645 g/mol. The molecule has 2 atom stereocenters. The number of amides is 3. The van der Waals surface area contributed by atoms with Crippen LogP contribution in [-0.4, -0.2) is 47.0 Å². The van der Waals surface area contributed by atoms with Gasteiger partial charge in [0.25, 0.3) is 17.7 Å². The summed E-state index contributed by atoms with van der Waals surface area (Å²) in [5.41, 5.74) is 3.79. The van der Waals surface area contributed by atoms with E-state index in [9.17, 15) is 23.6 Å². The van der Waals surface area contributed by atoms with Gasteiger partial charge in [-0.05, 0) is 69.7 Å². The van der Waals surface area contributed by atoms with Gasteiger partial charge in [0.1, 0.15) is 11.4 Å². The Bertz CT molecular complexity index is 1590. The van der Waals surface area contributed by atoms with Gasteiger partial charge < -0.3 is 25.8 Å². The Kier molecular flexibility index (Phi) is 15.1. The molecule has 0 bridgehead atoms. The van der Waals surface area contributed by atoms with Crippen molar-refractivity contribution < 1.29 is 33.4 Å². The molecule has 0 aromatic heterocycles. The van der Waals surface area contributed by atoms with Crippen LogP contribution in [0.3, 0.4) is 0 Å². The number of carboxylic acid groups (broad SMARTS) is 1. The number of carbonyl (C=O) groups excluding carboxylic acids is 3. The number of allylic oxidation sites excluding steroid dienone is 5. The van der Waals surface area contributed by atoms with E-state index in [2.05, 4.69) is 45.8 Å². The molecule has 12 heteroatoms. The number of likely N-dealkylation sites (N-methyl/N-ethyl adjacent to an activating group) is 1. The highest BCUT2D eigenvalue weighted by Gasteiger charge is 2.25. The molecule has 2 heterocycles. The molecule has 248 valence electrons. The van der Waals surface area contributed by atoms with Crippen molar-refractivity contribution in [3.63, 3.8) is 0 Å². The van der Waals surface area contributed by atoms with Gasteiger partial charge in [-0.25, -0.2) is 9.80 Å². The third-order valence-corrected chi connectivity index (χ3v) is 6.76. The average Bonchev–Trinajstić information content (AvgIpc) is 3.05. The first-order valence-corrected chi connectivity index (χ1v) is 14.8. The Morgan fingerprint density at radius 1 is 1.30 bits per heavy atom. The summed E-state index contributed by atoms with van der Waals surface area (Å²) in [6, 6.07) is 7.51. The lowest BCUT2D eigenvalue weighted by Gasteiger charge is -2.27. The van der Waals surface area contributed by atoms with Gasteiger partial charge in [0.15, 0.2) is 11.9 Å². The van der Waals surface area contributed by atoms with Crippen LogP contribution in [0.15, 0.2) is 78.0 Å². The molecule has 2 aliphatic heterocycles. The van der Waals surface area contributed by atoms with Gasteiger partial charge in [-0.2, -0.15) is 4.39 Å². The number of unbranched alkanes of at least 4 members (excludes halogenated alkanes) is 2. The molecular formula is C35H40FN5O6. The lowest BCUT2D eigenvalue weighted by molar-refractivity contribution is -0.131. The largest absolute Gasteiger partial charge is 0.479 e. The predicted molar refractivity (Wildman–Crippen MR) is 177 cm³/mol. The Labute approximate surface area is 274 Å². The maximum atomic E-state index is 13.9. The Morgan fingerprint density at radius 2 is 2.04 bits per heavy atom. The summed E-state index contributed by atoms with van der Waals surface area (Å²) in [5, 5.41) is 17.3. The highest BCUT2D eigenvalue weighted by atomic mass is 19.1. The predicted octanol–water partition coefficient (Wildman–Crippen LogP) is 4.20. The molecule has 0 spiro atoms. The molecule has 11 nitrogen and oxygen atoms in total. The Hall–Kier alpha value is -5.75. The Morgan fingerprint density at radius 3 is 2.70 bits per heavy atom. The lowest BCUT2D eigenvalue weighted by atomic mass is 10.0. The molecule has 5 N–H and O–H groups in total. The van der Waals surface area contributed by atoms with Gasteiger partial charge in [0.05, 0.1) is 11.4 Å². The topological polar surface area (TPSA) is 149 Å². The van der Waals surface area contributed by atoms with Crippen LogP contribution in [-0.2, 0) is 25.7 Å². The minimum atomic E-state index is -0.884. The highest BCUT2D eigenvalue weighted by molar-refractivity contribution is 6.00. The van der Waals surface area contributed by atoms with Crippen LogP contribution >= 0.6 is 0 Å². The molecule has 1 aromatic rings. The first kappa shape index (κ1) is 37.4. The van der Waals surface area contributed by atoms with Crippen molar-refractivity contribution in [3.05, 3.63) is 83.5 Å². The number of hydrazine groups is 1. The van der Waals surface area contributed by atoms with Crippen molar-refractivity contribution in [2.45, 2.75) is 59.1 Å². The maximum Gasteiger partial charge on any atom is 0.327 e. The molecule has 0 saturated heterocycles. The van der Waals surface area contributed by atoms with Crippen molar-refractivity contribution in [3.8, 4) is 30.1 Å². The lowest BCUT2D eigenvalue weighted by Crippen LogP contribution is -2.41. The van der Waals surface area contributed by atoms with Crippen LogP contribution in [0.25, 0.3) is 0 Å². The minimum Gasteiger partial charge on any atom is -0.479 e. The van der Waals surface area contributed by atoms with Gasteiger partial charge in [-0.15, -0.1) is 6.42 Å². The number of hydrogen-bond acceptors (Lipinski definition) is 7. The second-order valence-corrected chi connectivity index (χ2v) is 10.3. The van der Waals surface area contributed by atoms with Gasteiger partial charge >= 0.3 is 5.97 Å². The van der Waals surface area contributed by atoms with Crippen molar-refractivity contribution in [2.24, 2.45) is 5.92 Å². The molecule has 47 heavy (non-hydrogen) atoms. The summed E-state index contributed by atoms with van der Waals surface area (Å²) in [7, 11) is 1.41. The molecule has 0 aliphatic carbocycles. The van der Waals surface area contributed by atoms with Crippen LogP contribution in [0, 0.1) is 30.2 Å². The van der Waals surface area contributed by atoms with E-state index in [4.69, 9.17) is 16.3 Å². The summed E-state index contributed by atoms with van der Waals surface area (Å²) < 4.78 is 19.4. The van der Waals surface area contributed by atoms with E-state index in [1.807, 2.05) is 19.1 Å². The number of anilines is 1. The fraction of sp³-hybridized carbons (Fsp3) is 0.314. The minimum absolute atomic E-state index is 0.0273. The van der Waals surface area contributed by atoms with Gasteiger partial charge in [0, 0.05) is 37.2 Å². The third kappa shape index (κ3) is 11.9. The zero-order valence-electron chi connectivity index (χ0n) is 26.9. The molecule has 2 aliphatic rings. The molecule has 3 rings (SSSR count).